The van der Waals surface area contributed by atoms with Crippen molar-refractivity contribution in [1.82, 2.24) is 0 Å². The lowest BCUT2D eigenvalue weighted by Gasteiger charge is -2.19. The Morgan fingerprint density at radius 3 is 2.71 bits per heavy atom. The molecular weight excluding hydrogens is 214 g/mol. The van der Waals surface area contributed by atoms with Crippen LogP contribution in [-0.2, 0) is 0 Å². The minimum absolute atomic E-state index is 0.314. The van der Waals surface area contributed by atoms with Crippen molar-refractivity contribution in [3.05, 3.63) is 22.7 Å². The summed E-state index contributed by atoms with van der Waals surface area (Å²) in [6.45, 7) is 4.36. The van der Waals surface area contributed by atoms with Crippen molar-refractivity contribution in [3.63, 3.8) is 0 Å². The molecule has 0 aliphatic heterocycles. The van der Waals surface area contributed by atoms with Gasteiger partial charge in [0.15, 0.2) is 0 Å². The smallest absolute Gasteiger partial charge is 0.165 e. The van der Waals surface area contributed by atoms with Gasteiger partial charge < -0.3 is 0 Å². The van der Waals surface area contributed by atoms with Crippen LogP contribution in [0.2, 0.25) is 0 Å². The van der Waals surface area contributed by atoms with Gasteiger partial charge in [-0.25, -0.2) is 0 Å². The maximum Gasteiger partial charge on any atom is 0.379 e. The molecular formula is C11H17BCl2. The van der Waals surface area contributed by atoms with Gasteiger partial charge in [0.1, 0.15) is 0 Å². The second kappa shape index (κ2) is 5.87. The molecule has 0 saturated carbocycles. The van der Waals surface area contributed by atoms with Gasteiger partial charge in [0.2, 0.25) is 0 Å². The van der Waals surface area contributed by atoms with E-state index in [9.17, 15) is 0 Å². The van der Waals surface area contributed by atoms with Crippen molar-refractivity contribution in [1.29, 1.82) is 0 Å². The molecule has 0 atom stereocenters. The standard InChI is InChI=1S/C11H17BCl2/c1-3-4-5-10-7-6-9(2)8-11(10)12(13)14/h6H,3-5,7-8H2,1-2H3. The predicted octanol–water partition coefficient (Wildman–Crippen LogP) is 4.72. The van der Waals surface area contributed by atoms with E-state index in [1.807, 2.05) is 0 Å². The molecule has 78 valence electrons. The van der Waals surface area contributed by atoms with E-state index in [2.05, 4.69) is 19.9 Å². The molecule has 0 fully saturated rings. The Labute approximate surface area is 97.3 Å². The van der Waals surface area contributed by atoms with Crippen molar-refractivity contribution in [3.8, 4) is 0 Å². The van der Waals surface area contributed by atoms with Gasteiger partial charge >= 0.3 is 5.54 Å². The summed E-state index contributed by atoms with van der Waals surface area (Å²) in [6.07, 6.45) is 7.95. The molecule has 0 N–H and O–H groups in total. The van der Waals surface area contributed by atoms with Crippen LogP contribution in [0.25, 0.3) is 0 Å². The van der Waals surface area contributed by atoms with Crippen LogP contribution >= 0.6 is 22.9 Å². The number of hydrogen-bond donors (Lipinski definition) is 0. The molecule has 1 aliphatic rings. The molecule has 0 spiro atoms. The Balaban J connectivity index is 2.69. The summed E-state index contributed by atoms with van der Waals surface area (Å²) < 4.78 is 0. The van der Waals surface area contributed by atoms with Crippen LogP contribution < -0.4 is 0 Å². The molecule has 0 heterocycles. The van der Waals surface area contributed by atoms with Crippen molar-refractivity contribution < 1.29 is 0 Å². The minimum Gasteiger partial charge on any atom is -0.165 e. The zero-order valence-corrected chi connectivity index (χ0v) is 10.5. The number of rotatable bonds is 4. The Hall–Kier alpha value is 0.125. The first-order chi connectivity index (χ1) is 6.65. The molecule has 14 heavy (non-hydrogen) atoms. The molecule has 1 rings (SSSR count). The highest BCUT2D eigenvalue weighted by atomic mass is 35.5. The van der Waals surface area contributed by atoms with Gasteiger partial charge in [-0.3, -0.25) is 0 Å². The highest BCUT2D eigenvalue weighted by Crippen LogP contribution is 2.31. The van der Waals surface area contributed by atoms with Gasteiger partial charge in [-0.1, -0.05) is 36.0 Å². The van der Waals surface area contributed by atoms with Crippen molar-refractivity contribution in [2.75, 3.05) is 0 Å². The molecule has 3 heteroatoms. The minimum atomic E-state index is -0.314. The molecule has 0 unspecified atom stereocenters. The molecule has 0 aromatic rings. The number of hydrogen-bond acceptors (Lipinski definition) is 0. The lowest BCUT2D eigenvalue weighted by Crippen LogP contribution is -2.08. The number of allylic oxidation sites excluding steroid dienone is 4. The first kappa shape index (κ1) is 12.2. The van der Waals surface area contributed by atoms with Gasteiger partial charge in [-0.05, 0) is 32.6 Å². The van der Waals surface area contributed by atoms with E-state index >= 15 is 0 Å². The van der Waals surface area contributed by atoms with Crippen molar-refractivity contribution in [2.45, 2.75) is 46.0 Å². The maximum absolute atomic E-state index is 5.98. The lowest BCUT2D eigenvalue weighted by molar-refractivity contribution is 0.763. The van der Waals surface area contributed by atoms with E-state index in [0.29, 0.717) is 0 Å². The van der Waals surface area contributed by atoms with E-state index in [1.165, 1.54) is 29.5 Å². The normalized spacial score (nSPS) is 17.0. The van der Waals surface area contributed by atoms with Gasteiger partial charge in [0.05, 0.1) is 0 Å². The Bertz CT molecular complexity index is 254. The monoisotopic (exact) mass is 230 g/mol. The van der Waals surface area contributed by atoms with E-state index in [0.717, 1.165) is 19.3 Å². The first-order valence-corrected chi connectivity index (χ1v) is 6.17. The molecule has 0 saturated heterocycles. The van der Waals surface area contributed by atoms with Crippen LogP contribution in [0.1, 0.15) is 46.0 Å². The van der Waals surface area contributed by atoms with Gasteiger partial charge in [0.25, 0.3) is 0 Å². The molecule has 0 radical (unpaired) electrons. The summed E-state index contributed by atoms with van der Waals surface area (Å²) in [7, 11) is 0. The van der Waals surface area contributed by atoms with Gasteiger partial charge in [0, 0.05) is 0 Å². The fourth-order valence-electron chi connectivity index (χ4n) is 1.81. The fraction of sp³-hybridized carbons (Fsp3) is 0.636. The van der Waals surface area contributed by atoms with Crippen LogP contribution in [0.15, 0.2) is 22.7 Å². The maximum atomic E-state index is 5.98. The number of halogens is 2. The summed E-state index contributed by atoms with van der Waals surface area (Å²) in [5, 5.41) is 0. The molecule has 0 amide bonds. The molecule has 0 nitrogen and oxygen atoms in total. The van der Waals surface area contributed by atoms with Crippen molar-refractivity contribution in [2.24, 2.45) is 0 Å². The molecule has 0 aromatic carbocycles. The van der Waals surface area contributed by atoms with Crippen LogP contribution in [0.3, 0.4) is 0 Å². The highest BCUT2D eigenvalue weighted by molar-refractivity contribution is 7.37. The summed E-state index contributed by atoms with van der Waals surface area (Å²) in [5.74, 6) is 0. The summed E-state index contributed by atoms with van der Waals surface area (Å²) in [4.78, 5) is 0. The largest absolute Gasteiger partial charge is 0.379 e. The average molecular weight is 231 g/mol. The van der Waals surface area contributed by atoms with Crippen LogP contribution in [0, 0.1) is 0 Å². The van der Waals surface area contributed by atoms with Crippen molar-refractivity contribution >= 4 is 28.5 Å². The quantitative estimate of drug-likeness (QED) is 0.485. The summed E-state index contributed by atoms with van der Waals surface area (Å²) >= 11 is 12.0. The summed E-state index contributed by atoms with van der Waals surface area (Å²) in [5.41, 5.74) is 3.80. The highest BCUT2D eigenvalue weighted by Gasteiger charge is 2.20. The average Bonchev–Trinajstić information content (AvgIpc) is 2.15. The molecule has 1 aliphatic carbocycles. The van der Waals surface area contributed by atoms with Gasteiger partial charge in [-0.2, -0.15) is 22.9 Å². The van der Waals surface area contributed by atoms with E-state index in [-0.39, 0.29) is 5.54 Å². The second-order valence-electron chi connectivity index (χ2n) is 3.96. The predicted molar refractivity (Wildman–Crippen MR) is 67.0 cm³/mol. The van der Waals surface area contributed by atoms with E-state index in [1.54, 1.807) is 0 Å². The SMILES string of the molecule is CCCCC1=C(B(Cl)Cl)CC(C)=CC1. The fourth-order valence-corrected chi connectivity index (χ4v) is 2.27. The van der Waals surface area contributed by atoms with E-state index < -0.39 is 0 Å². The lowest BCUT2D eigenvalue weighted by atomic mass is 9.77. The number of unbranched alkanes of at least 4 members (excludes halogenated alkanes) is 1. The Morgan fingerprint density at radius 1 is 1.43 bits per heavy atom. The molecule has 0 aromatic heterocycles. The third kappa shape index (κ3) is 3.36. The van der Waals surface area contributed by atoms with E-state index in [4.69, 9.17) is 22.9 Å². The van der Waals surface area contributed by atoms with Crippen LogP contribution in [0.4, 0.5) is 0 Å². The third-order valence-corrected chi connectivity index (χ3v) is 3.24. The molecule has 0 bridgehead atoms. The Kier molecular flexibility index (Phi) is 5.12. The zero-order chi connectivity index (χ0) is 10.6. The zero-order valence-electron chi connectivity index (χ0n) is 8.95. The summed E-state index contributed by atoms with van der Waals surface area (Å²) in [6, 6.07) is 0. The second-order valence-corrected chi connectivity index (χ2v) is 5.06. The third-order valence-electron chi connectivity index (χ3n) is 2.72. The first-order valence-electron chi connectivity index (χ1n) is 5.29. The van der Waals surface area contributed by atoms with Gasteiger partial charge in [-0.15, -0.1) is 0 Å². The topological polar surface area (TPSA) is 0 Å². The van der Waals surface area contributed by atoms with Crippen LogP contribution in [-0.4, -0.2) is 5.54 Å². The van der Waals surface area contributed by atoms with Crippen LogP contribution in [0.5, 0.6) is 0 Å². The Morgan fingerprint density at radius 2 is 2.14 bits per heavy atom.